The molecule has 1 aromatic heterocycles. The zero-order chi connectivity index (χ0) is 10.3. The Morgan fingerprint density at radius 2 is 2.00 bits per heavy atom. The molecule has 2 rings (SSSR count). The van der Waals surface area contributed by atoms with Gasteiger partial charge in [0.05, 0.1) is 0 Å². The smallest absolute Gasteiger partial charge is 0.149 e. The van der Waals surface area contributed by atoms with Crippen LogP contribution in [0.1, 0.15) is 11.3 Å². The Morgan fingerprint density at radius 3 is 2.71 bits per heavy atom. The van der Waals surface area contributed by atoms with E-state index in [1.54, 1.807) is 12.1 Å². The molecule has 0 spiro atoms. The molecule has 0 radical (unpaired) electrons. The first kappa shape index (κ1) is 8.94. The largest absolute Gasteiger partial charge is 0.398 e. The second kappa shape index (κ2) is 2.94. The minimum atomic E-state index is -0.322. The van der Waals surface area contributed by atoms with Crippen molar-refractivity contribution in [3.63, 3.8) is 0 Å². The molecule has 0 fully saturated rings. The lowest BCUT2D eigenvalue weighted by molar-refractivity contribution is 0.636. The molecule has 0 atom stereocenters. The summed E-state index contributed by atoms with van der Waals surface area (Å²) in [5.74, 6) is -0.322. The van der Waals surface area contributed by atoms with Gasteiger partial charge in [0.15, 0.2) is 0 Å². The van der Waals surface area contributed by atoms with Crippen molar-refractivity contribution in [3.8, 4) is 0 Å². The lowest BCUT2D eigenvalue weighted by Gasteiger charge is -2.08. The van der Waals surface area contributed by atoms with Gasteiger partial charge in [0.2, 0.25) is 0 Å². The highest BCUT2D eigenvalue weighted by Gasteiger charge is 2.08. The summed E-state index contributed by atoms with van der Waals surface area (Å²) in [6.07, 6.45) is 0. The maximum absolute atomic E-state index is 13.4. The van der Waals surface area contributed by atoms with Gasteiger partial charge in [0.1, 0.15) is 11.3 Å². The maximum atomic E-state index is 13.4. The normalized spacial score (nSPS) is 10.8. The van der Waals surface area contributed by atoms with Crippen LogP contribution in [0.25, 0.3) is 10.9 Å². The highest BCUT2D eigenvalue weighted by molar-refractivity contribution is 5.92. The van der Waals surface area contributed by atoms with Crippen molar-refractivity contribution >= 4 is 16.6 Å². The topological polar surface area (TPSA) is 38.9 Å². The van der Waals surface area contributed by atoms with Crippen LogP contribution in [0, 0.1) is 19.7 Å². The second-order valence-corrected chi connectivity index (χ2v) is 3.37. The number of hydrogen-bond acceptors (Lipinski definition) is 2. The van der Waals surface area contributed by atoms with Gasteiger partial charge in [-0.1, -0.05) is 12.1 Å². The lowest BCUT2D eigenvalue weighted by atomic mass is 10.1. The molecule has 0 saturated carbocycles. The monoisotopic (exact) mass is 190 g/mol. The summed E-state index contributed by atoms with van der Waals surface area (Å²) in [6.45, 7) is 3.72. The van der Waals surface area contributed by atoms with E-state index in [1.165, 1.54) is 6.07 Å². The third kappa shape index (κ3) is 1.13. The Kier molecular flexibility index (Phi) is 1.88. The standard InChI is InChI=1S/C11H11FN2/c1-6-7(2)14-11-8(10(6)13)4-3-5-9(11)12/h3-5H,1-2H3,(H2,13,14). The number of nitrogens with two attached hydrogens (primary N) is 1. The second-order valence-electron chi connectivity index (χ2n) is 3.37. The number of fused-ring (bicyclic) bond motifs is 1. The molecule has 0 saturated heterocycles. The molecular weight excluding hydrogens is 179 g/mol. The third-order valence-electron chi connectivity index (χ3n) is 2.50. The van der Waals surface area contributed by atoms with Gasteiger partial charge < -0.3 is 5.73 Å². The third-order valence-corrected chi connectivity index (χ3v) is 2.50. The van der Waals surface area contributed by atoms with Crippen LogP contribution in [0.15, 0.2) is 18.2 Å². The van der Waals surface area contributed by atoms with Crippen molar-refractivity contribution in [1.29, 1.82) is 0 Å². The van der Waals surface area contributed by atoms with E-state index in [2.05, 4.69) is 4.98 Å². The van der Waals surface area contributed by atoms with Crippen LogP contribution < -0.4 is 5.73 Å². The summed E-state index contributed by atoms with van der Waals surface area (Å²) in [7, 11) is 0. The number of para-hydroxylation sites is 1. The molecule has 14 heavy (non-hydrogen) atoms. The number of rotatable bonds is 0. The number of nitrogen functional groups attached to an aromatic ring is 1. The molecule has 0 aliphatic rings. The fourth-order valence-electron chi connectivity index (χ4n) is 1.49. The average Bonchev–Trinajstić information content (AvgIpc) is 2.17. The number of nitrogens with zero attached hydrogens (tertiary/aromatic N) is 1. The quantitative estimate of drug-likeness (QED) is 0.693. The summed E-state index contributed by atoms with van der Waals surface area (Å²) in [5.41, 5.74) is 8.55. The molecule has 0 aliphatic heterocycles. The minimum absolute atomic E-state index is 0.322. The van der Waals surface area contributed by atoms with E-state index in [0.29, 0.717) is 16.6 Å². The number of anilines is 1. The molecule has 1 aromatic carbocycles. The number of aryl methyl sites for hydroxylation is 1. The molecule has 72 valence electrons. The molecule has 0 amide bonds. The Bertz CT molecular complexity index is 506. The Labute approximate surface area is 81.6 Å². The van der Waals surface area contributed by atoms with E-state index < -0.39 is 0 Å². The predicted molar refractivity (Wildman–Crippen MR) is 55.6 cm³/mol. The predicted octanol–water partition coefficient (Wildman–Crippen LogP) is 2.57. The Morgan fingerprint density at radius 1 is 1.29 bits per heavy atom. The van der Waals surface area contributed by atoms with Gasteiger partial charge in [-0.05, 0) is 25.5 Å². The van der Waals surface area contributed by atoms with Crippen molar-refractivity contribution in [2.75, 3.05) is 5.73 Å². The fourth-order valence-corrected chi connectivity index (χ4v) is 1.49. The molecule has 0 aliphatic carbocycles. The number of halogens is 1. The van der Waals surface area contributed by atoms with Crippen LogP contribution in [-0.2, 0) is 0 Å². The van der Waals surface area contributed by atoms with Gasteiger partial charge in [-0.25, -0.2) is 9.37 Å². The molecular formula is C11H11FN2. The number of aromatic nitrogens is 1. The summed E-state index contributed by atoms with van der Waals surface area (Å²) in [4.78, 5) is 4.18. The minimum Gasteiger partial charge on any atom is -0.398 e. The van der Waals surface area contributed by atoms with Crippen molar-refractivity contribution in [2.24, 2.45) is 0 Å². The molecule has 3 heteroatoms. The zero-order valence-electron chi connectivity index (χ0n) is 8.13. The summed E-state index contributed by atoms with van der Waals surface area (Å²) in [6, 6.07) is 4.82. The Hall–Kier alpha value is -1.64. The molecule has 2 aromatic rings. The van der Waals surface area contributed by atoms with Gasteiger partial charge in [-0.15, -0.1) is 0 Å². The number of pyridine rings is 1. The SMILES string of the molecule is Cc1nc2c(F)cccc2c(N)c1C. The van der Waals surface area contributed by atoms with E-state index in [1.807, 2.05) is 13.8 Å². The Balaban J connectivity index is 2.98. The lowest BCUT2D eigenvalue weighted by Crippen LogP contribution is -1.98. The fraction of sp³-hybridized carbons (Fsp3) is 0.182. The average molecular weight is 190 g/mol. The van der Waals surface area contributed by atoms with Crippen LogP contribution in [-0.4, -0.2) is 4.98 Å². The highest BCUT2D eigenvalue weighted by atomic mass is 19.1. The van der Waals surface area contributed by atoms with E-state index in [0.717, 1.165) is 11.3 Å². The molecule has 0 unspecified atom stereocenters. The van der Waals surface area contributed by atoms with Crippen LogP contribution >= 0.6 is 0 Å². The number of benzene rings is 1. The van der Waals surface area contributed by atoms with E-state index >= 15 is 0 Å². The van der Waals surface area contributed by atoms with E-state index in [4.69, 9.17) is 5.73 Å². The van der Waals surface area contributed by atoms with Crippen LogP contribution in [0.4, 0.5) is 10.1 Å². The maximum Gasteiger partial charge on any atom is 0.149 e. The number of hydrogen-bond donors (Lipinski definition) is 1. The first-order valence-electron chi connectivity index (χ1n) is 4.42. The van der Waals surface area contributed by atoms with Gasteiger partial charge in [0.25, 0.3) is 0 Å². The van der Waals surface area contributed by atoms with Crippen molar-refractivity contribution in [1.82, 2.24) is 4.98 Å². The van der Waals surface area contributed by atoms with Gasteiger partial charge in [-0.3, -0.25) is 0 Å². The molecule has 0 bridgehead atoms. The molecule has 2 N–H and O–H groups in total. The van der Waals surface area contributed by atoms with Crippen LogP contribution in [0.2, 0.25) is 0 Å². The van der Waals surface area contributed by atoms with Gasteiger partial charge in [0, 0.05) is 16.8 Å². The summed E-state index contributed by atoms with van der Waals surface area (Å²) in [5, 5.41) is 0.688. The summed E-state index contributed by atoms with van der Waals surface area (Å²) >= 11 is 0. The highest BCUT2D eigenvalue weighted by Crippen LogP contribution is 2.26. The van der Waals surface area contributed by atoms with E-state index in [-0.39, 0.29) is 5.82 Å². The molecule has 2 nitrogen and oxygen atoms in total. The van der Waals surface area contributed by atoms with Gasteiger partial charge >= 0.3 is 0 Å². The van der Waals surface area contributed by atoms with Crippen molar-refractivity contribution < 1.29 is 4.39 Å². The first-order valence-corrected chi connectivity index (χ1v) is 4.42. The summed E-state index contributed by atoms with van der Waals surface area (Å²) < 4.78 is 13.4. The van der Waals surface area contributed by atoms with E-state index in [9.17, 15) is 4.39 Å². The van der Waals surface area contributed by atoms with Gasteiger partial charge in [-0.2, -0.15) is 0 Å². The first-order chi connectivity index (χ1) is 6.61. The van der Waals surface area contributed by atoms with Crippen LogP contribution in [0.3, 0.4) is 0 Å². The molecule has 1 heterocycles. The van der Waals surface area contributed by atoms with Crippen molar-refractivity contribution in [3.05, 3.63) is 35.3 Å². The van der Waals surface area contributed by atoms with Crippen molar-refractivity contribution in [2.45, 2.75) is 13.8 Å². The van der Waals surface area contributed by atoms with Crippen LogP contribution in [0.5, 0.6) is 0 Å². The zero-order valence-corrected chi connectivity index (χ0v) is 8.13.